The van der Waals surface area contributed by atoms with Gasteiger partial charge in [-0.15, -0.1) is 0 Å². The molecule has 0 aliphatic heterocycles. The van der Waals surface area contributed by atoms with E-state index in [9.17, 15) is 4.79 Å². The van der Waals surface area contributed by atoms with Crippen LogP contribution in [0.1, 0.15) is 16.8 Å². The largest absolute Gasteiger partial charge is 0.295 e. The maximum atomic E-state index is 12.6. The number of H-pyrrole nitrogens is 1. The van der Waals surface area contributed by atoms with Crippen LogP contribution in [0, 0.1) is 6.92 Å². The summed E-state index contributed by atoms with van der Waals surface area (Å²) in [4.78, 5) is 12.6. The molecule has 0 aliphatic rings. The Bertz CT molecular complexity index is 801. The van der Waals surface area contributed by atoms with Crippen LogP contribution in [0.2, 0.25) is 5.02 Å². The molecule has 3 nitrogen and oxygen atoms in total. The lowest BCUT2D eigenvalue weighted by atomic mass is 10.1. The molecular formula is C17H15ClN2O. The second-order valence-corrected chi connectivity index (χ2v) is 5.43. The van der Waals surface area contributed by atoms with Crippen LogP contribution < -0.4 is 5.56 Å². The van der Waals surface area contributed by atoms with Crippen molar-refractivity contribution in [2.75, 3.05) is 0 Å². The van der Waals surface area contributed by atoms with E-state index in [4.69, 9.17) is 11.6 Å². The maximum absolute atomic E-state index is 12.6. The van der Waals surface area contributed by atoms with Crippen molar-refractivity contribution in [2.24, 2.45) is 0 Å². The molecule has 4 heteroatoms. The third-order valence-electron chi connectivity index (χ3n) is 3.50. The molecule has 21 heavy (non-hydrogen) atoms. The summed E-state index contributed by atoms with van der Waals surface area (Å²) in [6.45, 7) is 1.92. The quantitative estimate of drug-likeness (QED) is 0.786. The van der Waals surface area contributed by atoms with Crippen molar-refractivity contribution < 1.29 is 0 Å². The number of nitrogens with one attached hydrogen (secondary N) is 1. The number of para-hydroxylation sites is 1. The number of hydrogen-bond acceptors (Lipinski definition) is 1. The lowest BCUT2D eigenvalue weighted by Crippen LogP contribution is -2.17. The predicted octanol–water partition coefficient (Wildman–Crippen LogP) is 3.72. The molecule has 0 fully saturated rings. The lowest BCUT2D eigenvalue weighted by Gasteiger charge is -2.00. The molecule has 3 aromatic rings. The Labute approximate surface area is 127 Å². The topological polar surface area (TPSA) is 37.8 Å². The Morgan fingerprint density at radius 3 is 2.38 bits per heavy atom. The highest BCUT2D eigenvalue weighted by atomic mass is 35.5. The Morgan fingerprint density at radius 2 is 1.71 bits per heavy atom. The molecule has 1 N–H and O–H groups in total. The summed E-state index contributed by atoms with van der Waals surface area (Å²) < 4.78 is 1.58. The van der Waals surface area contributed by atoms with E-state index >= 15 is 0 Å². The molecule has 0 atom stereocenters. The fraction of sp³-hybridized carbons (Fsp3) is 0.118. The van der Waals surface area contributed by atoms with Gasteiger partial charge < -0.3 is 0 Å². The zero-order valence-corrected chi connectivity index (χ0v) is 12.4. The predicted molar refractivity (Wildman–Crippen MR) is 85.4 cm³/mol. The fourth-order valence-corrected chi connectivity index (χ4v) is 2.48. The van der Waals surface area contributed by atoms with Gasteiger partial charge in [0.2, 0.25) is 0 Å². The Kier molecular flexibility index (Phi) is 3.67. The third kappa shape index (κ3) is 2.78. The van der Waals surface area contributed by atoms with E-state index in [1.165, 1.54) is 0 Å². The first kappa shape index (κ1) is 13.7. The molecule has 1 aromatic heterocycles. The van der Waals surface area contributed by atoms with Gasteiger partial charge in [-0.2, -0.15) is 0 Å². The summed E-state index contributed by atoms with van der Waals surface area (Å²) in [6, 6.07) is 17.1. The van der Waals surface area contributed by atoms with Crippen LogP contribution >= 0.6 is 11.6 Å². The van der Waals surface area contributed by atoms with Gasteiger partial charge in [0.05, 0.1) is 5.69 Å². The van der Waals surface area contributed by atoms with E-state index in [2.05, 4.69) is 5.10 Å². The van der Waals surface area contributed by atoms with Crippen molar-refractivity contribution in [3.63, 3.8) is 0 Å². The highest BCUT2D eigenvalue weighted by Gasteiger charge is 2.12. The molecule has 0 unspecified atom stereocenters. The van der Waals surface area contributed by atoms with Gasteiger partial charge >= 0.3 is 0 Å². The number of nitrogens with zero attached hydrogens (tertiary/aromatic N) is 1. The van der Waals surface area contributed by atoms with Crippen LogP contribution in [-0.2, 0) is 6.42 Å². The lowest BCUT2D eigenvalue weighted by molar-refractivity contribution is 0.834. The number of benzene rings is 2. The fourth-order valence-electron chi connectivity index (χ4n) is 2.35. The minimum absolute atomic E-state index is 0.00588. The highest BCUT2D eigenvalue weighted by molar-refractivity contribution is 6.30. The number of aryl methyl sites for hydroxylation is 1. The van der Waals surface area contributed by atoms with Gasteiger partial charge in [-0.25, -0.2) is 4.68 Å². The van der Waals surface area contributed by atoms with E-state index in [0.717, 1.165) is 22.5 Å². The molecule has 0 saturated heterocycles. The second kappa shape index (κ2) is 5.62. The van der Waals surface area contributed by atoms with E-state index in [1.807, 2.05) is 61.5 Å². The standard InChI is InChI=1S/C17H15ClN2O/c1-12-16(11-13-7-9-14(18)10-8-13)17(21)20(19-12)15-5-3-2-4-6-15/h2-10,19H,11H2,1H3. The SMILES string of the molecule is Cc1[nH]n(-c2ccccc2)c(=O)c1Cc1ccc(Cl)cc1. The average Bonchev–Trinajstić information content (AvgIpc) is 2.78. The minimum Gasteiger partial charge on any atom is -0.295 e. The van der Waals surface area contributed by atoms with Crippen LogP contribution in [-0.4, -0.2) is 9.78 Å². The normalized spacial score (nSPS) is 10.8. The van der Waals surface area contributed by atoms with Gasteiger partial charge in [0.15, 0.2) is 0 Å². The third-order valence-corrected chi connectivity index (χ3v) is 3.75. The zero-order valence-electron chi connectivity index (χ0n) is 11.6. The average molecular weight is 299 g/mol. The number of hydrogen-bond donors (Lipinski definition) is 1. The minimum atomic E-state index is -0.00588. The first-order valence-electron chi connectivity index (χ1n) is 6.75. The summed E-state index contributed by atoms with van der Waals surface area (Å²) >= 11 is 5.89. The smallest absolute Gasteiger partial charge is 0.274 e. The van der Waals surface area contributed by atoms with E-state index < -0.39 is 0 Å². The summed E-state index contributed by atoms with van der Waals surface area (Å²) in [5, 5.41) is 3.84. The number of halogens is 1. The number of rotatable bonds is 3. The van der Waals surface area contributed by atoms with Crippen molar-refractivity contribution in [3.05, 3.63) is 86.8 Å². The molecule has 0 aliphatic carbocycles. The van der Waals surface area contributed by atoms with Gasteiger partial charge in [-0.3, -0.25) is 9.89 Å². The van der Waals surface area contributed by atoms with Crippen molar-refractivity contribution >= 4 is 11.6 Å². The van der Waals surface area contributed by atoms with Crippen LogP contribution in [0.4, 0.5) is 0 Å². The van der Waals surface area contributed by atoms with Crippen molar-refractivity contribution in [3.8, 4) is 5.69 Å². The molecule has 0 saturated carbocycles. The van der Waals surface area contributed by atoms with Crippen LogP contribution in [0.3, 0.4) is 0 Å². The molecule has 0 bridgehead atoms. The molecule has 0 spiro atoms. The van der Waals surface area contributed by atoms with Crippen LogP contribution in [0.5, 0.6) is 0 Å². The van der Waals surface area contributed by atoms with Gasteiger partial charge in [-0.05, 0) is 36.8 Å². The highest BCUT2D eigenvalue weighted by Crippen LogP contribution is 2.14. The molecule has 106 valence electrons. The molecule has 0 radical (unpaired) electrons. The number of aromatic amines is 1. The van der Waals surface area contributed by atoms with Gasteiger partial charge in [0.1, 0.15) is 0 Å². The molecule has 1 heterocycles. The summed E-state index contributed by atoms with van der Waals surface area (Å²) in [5.41, 5.74) is 3.57. The van der Waals surface area contributed by atoms with E-state index in [1.54, 1.807) is 4.68 Å². The van der Waals surface area contributed by atoms with Crippen molar-refractivity contribution in [1.82, 2.24) is 9.78 Å². The molecule has 3 rings (SSSR count). The Hall–Kier alpha value is -2.26. The van der Waals surface area contributed by atoms with Gasteiger partial charge in [-0.1, -0.05) is 41.9 Å². The summed E-state index contributed by atoms with van der Waals surface area (Å²) in [7, 11) is 0. The van der Waals surface area contributed by atoms with Crippen LogP contribution in [0.15, 0.2) is 59.4 Å². The van der Waals surface area contributed by atoms with Gasteiger partial charge in [0.25, 0.3) is 5.56 Å². The van der Waals surface area contributed by atoms with E-state index in [0.29, 0.717) is 11.4 Å². The van der Waals surface area contributed by atoms with Crippen molar-refractivity contribution in [1.29, 1.82) is 0 Å². The van der Waals surface area contributed by atoms with Gasteiger partial charge in [0, 0.05) is 22.7 Å². The summed E-state index contributed by atoms with van der Waals surface area (Å²) in [5.74, 6) is 0. The van der Waals surface area contributed by atoms with E-state index in [-0.39, 0.29) is 5.56 Å². The first-order chi connectivity index (χ1) is 10.1. The molecule has 0 amide bonds. The van der Waals surface area contributed by atoms with Crippen molar-refractivity contribution in [2.45, 2.75) is 13.3 Å². The Balaban J connectivity index is 1.99. The Morgan fingerprint density at radius 1 is 1.05 bits per heavy atom. The van der Waals surface area contributed by atoms with Crippen LogP contribution in [0.25, 0.3) is 5.69 Å². The second-order valence-electron chi connectivity index (χ2n) is 4.99. The first-order valence-corrected chi connectivity index (χ1v) is 7.13. The monoisotopic (exact) mass is 298 g/mol. The maximum Gasteiger partial charge on any atom is 0.274 e. The number of aromatic nitrogens is 2. The molecular weight excluding hydrogens is 284 g/mol. The summed E-state index contributed by atoms with van der Waals surface area (Å²) in [6.07, 6.45) is 0.595. The zero-order chi connectivity index (χ0) is 14.8. The molecule has 2 aromatic carbocycles.